The fraction of sp³-hybridized carbons (Fsp3) is 0.188. The van der Waals surface area contributed by atoms with Crippen molar-refractivity contribution in [1.29, 1.82) is 0 Å². The van der Waals surface area contributed by atoms with E-state index in [1.165, 1.54) is 0 Å². The summed E-state index contributed by atoms with van der Waals surface area (Å²) in [7, 11) is 0. The molecule has 2 aromatic rings. The molecule has 1 saturated heterocycles. The van der Waals surface area contributed by atoms with Gasteiger partial charge >= 0.3 is 0 Å². The van der Waals surface area contributed by atoms with Crippen LogP contribution >= 0.6 is 0 Å². The third-order valence-electron chi connectivity index (χ3n) is 3.30. The van der Waals surface area contributed by atoms with Gasteiger partial charge in [0.1, 0.15) is 12.7 Å². The van der Waals surface area contributed by atoms with Crippen molar-refractivity contribution in [3.8, 4) is 0 Å². The van der Waals surface area contributed by atoms with Crippen LogP contribution in [0.2, 0.25) is 0 Å². The van der Waals surface area contributed by atoms with Gasteiger partial charge in [-0.25, -0.2) is 0 Å². The molecule has 2 aromatic carbocycles. The van der Waals surface area contributed by atoms with Crippen molar-refractivity contribution in [2.45, 2.75) is 12.1 Å². The van der Waals surface area contributed by atoms with Crippen molar-refractivity contribution in [2.75, 3.05) is 6.61 Å². The van der Waals surface area contributed by atoms with Gasteiger partial charge in [0.05, 0.1) is 6.04 Å². The molecule has 0 aromatic heterocycles. The number of carbonyl (C=O) groups is 1. The van der Waals surface area contributed by atoms with Gasteiger partial charge in [0.25, 0.3) is 0 Å². The summed E-state index contributed by atoms with van der Waals surface area (Å²) in [4.78, 5) is 11.6. The molecule has 0 bridgehead atoms. The third kappa shape index (κ3) is 2.51. The van der Waals surface area contributed by atoms with Crippen LogP contribution in [0.25, 0.3) is 0 Å². The number of amides is 1. The van der Waals surface area contributed by atoms with E-state index in [-0.39, 0.29) is 24.7 Å². The Bertz CT molecular complexity index is 553. The average Bonchev–Trinajstić information content (AvgIpc) is 2.49. The molecule has 1 aliphatic rings. The third-order valence-corrected chi connectivity index (χ3v) is 3.30. The molecule has 0 spiro atoms. The average molecular weight is 253 g/mol. The van der Waals surface area contributed by atoms with Crippen LogP contribution < -0.4 is 5.32 Å². The van der Waals surface area contributed by atoms with Gasteiger partial charge < -0.3 is 10.1 Å². The van der Waals surface area contributed by atoms with Crippen molar-refractivity contribution in [2.24, 2.45) is 0 Å². The highest BCUT2D eigenvalue weighted by atomic mass is 16.5. The minimum Gasteiger partial charge on any atom is -0.361 e. The lowest BCUT2D eigenvalue weighted by Gasteiger charge is -2.33. The lowest BCUT2D eigenvalue weighted by atomic mass is 9.94. The Labute approximate surface area is 112 Å². The number of hydrogen-bond donors (Lipinski definition) is 1. The maximum absolute atomic E-state index is 11.6. The van der Waals surface area contributed by atoms with E-state index in [0.717, 1.165) is 11.1 Å². The number of ether oxygens (including phenoxy) is 1. The standard InChI is InChI=1S/C16H15NO2/c18-14-11-19-16(13-9-5-2-6-10-13)15(17-14)12-7-3-1-4-8-12/h1-10,15-16H,11H2,(H,17,18)/t15-,16+/m0/s1. The van der Waals surface area contributed by atoms with Crippen molar-refractivity contribution < 1.29 is 9.53 Å². The summed E-state index contributed by atoms with van der Waals surface area (Å²) < 4.78 is 5.73. The number of nitrogens with one attached hydrogen (secondary N) is 1. The van der Waals surface area contributed by atoms with E-state index in [4.69, 9.17) is 4.74 Å². The molecular formula is C16H15NO2. The molecule has 3 heteroatoms. The summed E-state index contributed by atoms with van der Waals surface area (Å²) >= 11 is 0. The van der Waals surface area contributed by atoms with Crippen LogP contribution in [-0.4, -0.2) is 12.5 Å². The lowest BCUT2D eigenvalue weighted by Crippen LogP contribution is -2.41. The van der Waals surface area contributed by atoms with Gasteiger partial charge in [0, 0.05) is 0 Å². The van der Waals surface area contributed by atoms with Crippen molar-refractivity contribution in [3.63, 3.8) is 0 Å². The Hall–Kier alpha value is -2.13. The van der Waals surface area contributed by atoms with Crippen LogP contribution in [0.4, 0.5) is 0 Å². The van der Waals surface area contributed by atoms with E-state index in [1.807, 2.05) is 60.7 Å². The number of rotatable bonds is 2. The summed E-state index contributed by atoms with van der Waals surface area (Å²) in [5.74, 6) is -0.0685. The molecule has 96 valence electrons. The van der Waals surface area contributed by atoms with Crippen LogP contribution in [0, 0.1) is 0 Å². The van der Waals surface area contributed by atoms with Crippen LogP contribution in [-0.2, 0) is 9.53 Å². The minimum absolute atomic E-state index is 0.0685. The second-order valence-electron chi connectivity index (χ2n) is 4.60. The topological polar surface area (TPSA) is 38.3 Å². The highest BCUT2D eigenvalue weighted by Crippen LogP contribution is 2.34. The zero-order valence-corrected chi connectivity index (χ0v) is 10.5. The Kier molecular flexibility index (Phi) is 3.29. The van der Waals surface area contributed by atoms with Gasteiger partial charge in [-0.3, -0.25) is 4.79 Å². The molecule has 1 aliphatic heterocycles. The zero-order valence-electron chi connectivity index (χ0n) is 10.5. The van der Waals surface area contributed by atoms with Crippen molar-refractivity contribution in [3.05, 3.63) is 71.8 Å². The molecular weight excluding hydrogens is 238 g/mol. The van der Waals surface area contributed by atoms with Crippen LogP contribution in [0.15, 0.2) is 60.7 Å². The molecule has 1 N–H and O–H groups in total. The molecule has 19 heavy (non-hydrogen) atoms. The maximum atomic E-state index is 11.6. The number of morpholine rings is 1. The smallest absolute Gasteiger partial charge is 0.246 e. The lowest BCUT2D eigenvalue weighted by molar-refractivity contribution is -0.137. The first-order chi connectivity index (χ1) is 9.34. The van der Waals surface area contributed by atoms with E-state index in [2.05, 4.69) is 5.32 Å². The van der Waals surface area contributed by atoms with E-state index >= 15 is 0 Å². The predicted octanol–water partition coefficient (Wildman–Crippen LogP) is 2.62. The van der Waals surface area contributed by atoms with E-state index < -0.39 is 0 Å². The molecule has 0 saturated carbocycles. The molecule has 3 rings (SSSR count). The molecule has 1 fully saturated rings. The molecule has 0 aliphatic carbocycles. The Morgan fingerprint density at radius 3 is 2.11 bits per heavy atom. The van der Waals surface area contributed by atoms with Gasteiger partial charge in [0.2, 0.25) is 5.91 Å². The van der Waals surface area contributed by atoms with E-state index in [0.29, 0.717) is 0 Å². The predicted molar refractivity (Wildman–Crippen MR) is 72.5 cm³/mol. The first-order valence-corrected chi connectivity index (χ1v) is 6.35. The molecule has 0 unspecified atom stereocenters. The monoisotopic (exact) mass is 253 g/mol. The number of carbonyl (C=O) groups excluding carboxylic acids is 1. The van der Waals surface area contributed by atoms with E-state index in [1.54, 1.807) is 0 Å². The molecule has 2 atom stereocenters. The molecule has 1 heterocycles. The van der Waals surface area contributed by atoms with Crippen LogP contribution in [0.5, 0.6) is 0 Å². The highest BCUT2D eigenvalue weighted by Gasteiger charge is 2.31. The summed E-state index contributed by atoms with van der Waals surface area (Å²) in [5.41, 5.74) is 2.14. The SMILES string of the molecule is O=C1CO[C@H](c2ccccc2)[C@H](c2ccccc2)N1. The summed E-state index contributed by atoms with van der Waals surface area (Å²) in [6, 6.07) is 19.8. The van der Waals surface area contributed by atoms with Crippen molar-refractivity contribution >= 4 is 5.91 Å². The van der Waals surface area contributed by atoms with Gasteiger partial charge in [-0.1, -0.05) is 60.7 Å². The summed E-state index contributed by atoms with van der Waals surface area (Å²) in [6.45, 7) is 0.114. The van der Waals surface area contributed by atoms with Gasteiger partial charge in [-0.05, 0) is 11.1 Å². The Morgan fingerprint density at radius 2 is 1.47 bits per heavy atom. The summed E-state index contributed by atoms with van der Waals surface area (Å²) in [6.07, 6.45) is -0.138. The minimum atomic E-state index is -0.138. The van der Waals surface area contributed by atoms with Gasteiger partial charge in [-0.15, -0.1) is 0 Å². The van der Waals surface area contributed by atoms with Gasteiger partial charge in [0.15, 0.2) is 0 Å². The quantitative estimate of drug-likeness (QED) is 0.893. The maximum Gasteiger partial charge on any atom is 0.246 e. The first kappa shape index (κ1) is 11.9. The second-order valence-corrected chi connectivity index (χ2v) is 4.60. The van der Waals surface area contributed by atoms with Crippen LogP contribution in [0.3, 0.4) is 0 Å². The highest BCUT2D eigenvalue weighted by molar-refractivity contribution is 5.78. The number of hydrogen-bond acceptors (Lipinski definition) is 2. The second kappa shape index (κ2) is 5.24. The Morgan fingerprint density at radius 1 is 0.895 bits per heavy atom. The molecule has 1 amide bonds. The first-order valence-electron chi connectivity index (χ1n) is 6.35. The molecule has 0 radical (unpaired) electrons. The largest absolute Gasteiger partial charge is 0.361 e. The molecule has 3 nitrogen and oxygen atoms in total. The fourth-order valence-electron chi connectivity index (χ4n) is 2.40. The van der Waals surface area contributed by atoms with Crippen molar-refractivity contribution in [1.82, 2.24) is 5.32 Å². The van der Waals surface area contributed by atoms with Crippen LogP contribution in [0.1, 0.15) is 23.3 Å². The fourth-order valence-corrected chi connectivity index (χ4v) is 2.40. The van der Waals surface area contributed by atoms with E-state index in [9.17, 15) is 4.79 Å². The summed E-state index contributed by atoms with van der Waals surface area (Å²) in [5, 5.41) is 3.02. The normalized spacial score (nSPS) is 22.8. The van der Waals surface area contributed by atoms with Gasteiger partial charge in [-0.2, -0.15) is 0 Å². The Balaban J connectivity index is 1.95. The number of benzene rings is 2. The zero-order chi connectivity index (χ0) is 13.1.